The van der Waals surface area contributed by atoms with Gasteiger partial charge in [-0.2, -0.15) is 0 Å². The number of amides is 1. The van der Waals surface area contributed by atoms with Gasteiger partial charge in [0.25, 0.3) is 5.56 Å². The summed E-state index contributed by atoms with van der Waals surface area (Å²) in [7, 11) is 4.56. The largest absolute Gasteiger partial charge is 0.340 e. The average molecular weight is 282 g/mol. The normalized spacial score (nSPS) is 13.9. The number of hydrogen-bond acceptors (Lipinski definition) is 4. The zero-order chi connectivity index (χ0) is 15.7. The second kappa shape index (κ2) is 5.62. The third-order valence-corrected chi connectivity index (χ3v) is 3.49. The van der Waals surface area contributed by atoms with Crippen molar-refractivity contribution in [3.63, 3.8) is 0 Å². The van der Waals surface area contributed by atoms with Gasteiger partial charge in [-0.15, -0.1) is 0 Å². The Labute approximate surface area is 117 Å². The van der Waals surface area contributed by atoms with Crippen molar-refractivity contribution < 1.29 is 4.79 Å². The molecule has 1 aromatic heterocycles. The van der Waals surface area contributed by atoms with E-state index in [4.69, 9.17) is 5.73 Å². The Balaban J connectivity index is 3.10. The van der Waals surface area contributed by atoms with Gasteiger partial charge in [0.1, 0.15) is 0 Å². The van der Waals surface area contributed by atoms with Gasteiger partial charge in [-0.3, -0.25) is 14.2 Å². The van der Waals surface area contributed by atoms with E-state index in [0.717, 1.165) is 4.57 Å². The lowest BCUT2D eigenvalue weighted by atomic mass is 9.98. The van der Waals surface area contributed by atoms with Crippen LogP contribution in [0.15, 0.2) is 15.8 Å². The highest BCUT2D eigenvalue weighted by Gasteiger charge is 2.29. The van der Waals surface area contributed by atoms with E-state index in [1.165, 1.54) is 22.7 Å². The molecule has 20 heavy (non-hydrogen) atoms. The van der Waals surface area contributed by atoms with Crippen molar-refractivity contribution in [3.8, 4) is 0 Å². The maximum absolute atomic E-state index is 12.2. The van der Waals surface area contributed by atoms with Gasteiger partial charge in [-0.1, -0.05) is 6.92 Å². The van der Waals surface area contributed by atoms with Crippen molar-refractivity contribution in [2.75, 3.05) is 7.05 Å². The monoisotopic (exact) mass is 282 g/mol. The van der Waals surface area contributed by atoms with Crippen LogP contribution in [-0.4, -0.2) is 32.5 Å². The third kappa shape index (κ3) is 2.98. The molecule has 1 amide bonds. The fraction of sp³-hybridized carbons (Fsp3) is 0.615. The van der Waals surface area contributed by atoms with Gasteiger partial charge < -0.3 is 15.2 Å². The first-order chi connectivity index (χ1) is 9.11. The zero-order valence-electron chi connectivity index (χ0n) is 12.6. The third-order valence-electron chi connectivity index (χ3n) is 3.49. The highest BCUT2D eigenvalue weighted by Crippen LogP contribution is 2.10. The number of aromatic nitrogens is 2. The van der Waals surface area contributed by atoms with Crippen LogP contribution in [0.1, 0.15) is 25.8 Å². The Bertz CT molecular complexity index is 627. The van der Waals surface area contributed by atoms with E-state index in [1.807, 2.05) is 6.92 Å². The maximum Gasteiger partial charge on any atom is 0.330 e. The Morgan fingerprint density at radius 3 is 2.45 bits per heavy atom. The van der Waals surface area contributed by atoms with E-state index in [0.29, 0.717) is 12.0 Å². The highest BCUT2D eigenvalue weighted by atomic mass is 16.2. The molecular formula is C13H22N4O3. The smallest absolute Gasteiger partial charge is 0.330 e. The fourth-order valence-corrected chi connectivity index (χ4v) is 1.91. The first-order valence-corrected chi connectivity index (χ1v) is 6.41. The topological polar surface area (TPSA) is 90.3 Å². The van der Waals surface area contributed by atoms with Crippen molar-refractivity contribution in [1.82, 2.24) is 14.0 Å². The van der Waals surface area contributed by atoms with Gasteiger partial charge in [-0.25, -0.2) is 4.79 Å². The standard InChI is InChI=1S/C13H22N4O3/c1-6-13(2,14)11(19)15(3)7-9-8-16(4)12(20)17(5)10(9)18/h8H,6-7,14H2,1-5H3. The molecule has 0 aliphatic heterocycles. The molecule has 0 saturated heterocycles. The van der Waals surface area contributed by atoms with Crippen molar-refractivity contribution in [2.45, 2.75) is 32.4 Å². The predicted molar refractivity (Wildman–Crippen MR) is 76.3 cm³/mol. The Hall–Kier alpha value is -1.89. The van der Waals surface area contributed by atoms with Crippen LogP contribution in [0, 0.1) is 0 Å². The summed E-state index contributed by atoms with van der Waals surface area (Å²) in [6.45, 7) is 3.61. The minimum atomic E-state index is -0.958. The first-order valence-electron chi connectivity index (χ1n) is 6.41. The van der Waals surface area contributed by atoms with Gasteiger partial charge in [0, 0.05) is 27.3 Å². The van der Waals surface area contributed by atoms with Gasteiger partial charge in [0.2, 0.25) is 5.91 Å². The van der Waals surface area contributed by atoms with E-state index in [1.54, 1.807) is 21.0 Å². The summed E-state index contributed by atoms with van der Waals surface area (Å²) in [5, 5.41) is 0. The summed E-state index contributed by atoms with van der Waals surface area (Å²) < 4.78 is 2.34. The molecule has 1 heterocycles. The molecule has 0 saturated carbocycles. The minimum absolute atomic E-state index is 0.117. The molecule has 1 atom stereocenters. The molecule has 0 radical (unpaired) electrons. The Kier molecular flexibility index (Phi) is 4.54. The molecule has 7 heteroatoms. The SMILES string of the molecule is CCC(C)(N)C(=O)N(C)Cc1cn(C)c(=O)n(C)c1=O. The highest BCUT2D eigenvalue weighted by molar-refractivity contribution is 5.85. The van der Waals surface area contributed by atoms with E-state index in [9.17, 15) is 14.4 Å². The van der Waals surface area contributed by atoms with Crippen LogP contribution >= 0.6 is 0 Å². The molecule has 1 aromatic rings. The van der Waals surface area contributed by atoms with E-state index in [-0.39, 0.29) is 12.5 Å². The van der Waals surface area contributed by atoms with Crippen molar-refractivity contribution >= 4 is 5.91 Å². The molecule has 2 N–H and O–H groups in total. The fourth-order valence-electron chi connectivity index (χ4n) is 1.91. The van der Waals surface area contributed by atoms with E-state index >= 15 is 0 Å². The van der Waals surface area contributed by atoms with Crippen LogP contribution < -0.4 is 17.0 Å². The minimum Gasteiger partial charge on any atom is -0.340 e. The number of hydrogen-bond donors (Lipinski definition) is 1. The van der Waals surface area contributed by atoms with Crippen LogP contribution in [0.3, 0.4) is 0 Å². The van der Waals surface area contributed by atoms with E-state index in [2.05, 4.69) is 0 Å². The number of carbonyl (C=O) groups is 1. The van der Waals surface area contributed by atoms with Crippen molar-refractivity contribution in [3.05, 3.63) is 32.6 Å². The lowest BCUT2D eigenvalue weighted by Gasteiger charge is -2.28. The Morgan fingerprint density at radius 1 is 1.40 bits per heavy atom. The molecule has 0 aliphatic carbocycles. The summed E-state index contributed by atoms with van der Waals surface area (Å²) in [5.74, 6) is -0.240. The molecular weight excluding hydrogens is 260 g/mol. The number of nitrogens with zero attached hydrogens (tertiary/aromatic N) is 3. The second-order valence-corrected chi connectivity index (χ2v) is 5.34. The maximum atomic E-state index is 12.2. The first kappa shape index (κ1) is 16.2. The number of carbonyl (C=O) groups excluding carboxylic acids is 1. The summed E-state index contributed by atoms with van der Waals surface area (Å²) in [6, 6.07) is 0. The van der Waals surface area contributed by atoms with Crippen LogP contribution in [-0.2, 0) is 25.4 Å². The van der Waals surface area contributed by atoms with Gasteiger partial charge in [0.15, 0.2) is 0 Å². The summed E-state index contributed by atoms with van der Waals surface area (Å²) in [6.07, 6.45) is 1.95. The molecule has 0 spiro atoms. The van der Waals surface area contributed by atoms with Gasteiger partial charge in [0.05, 0.1) is 17.6 Å². The van der Waals surface area contributed by atoms with E-state index < -0.39 is 16.8 Å². The molecule has 0 aliphatic rings. The van der Waals surface area contributed by atoms with Crippen LogP contribution in [0.2, 0.25) is 0 Å². The van der Waals surface area contributed by atoms with Crippen LogP contribution in [0.25, 0.3) is 0 Å². The number of aryl methyl sites for hydroxylation is 1. The quantitative estimate of drug-likeness (QED) is 0.780. The van der Waals surface area contributed by atoms with Crippen molar-refractivity contribution in [2.24, 2.45) is 19.8 Å². The number of rotatable bonds is 4. The molecule has 0 fully saturated rings. The average Bonchev–Trinajstić information content (AvgIpc) is 2.41. The summed E-state index contributed by atoms with van der Waals surface area (Å²) in [4.78, 5) is 37.2. The lowest BCUT2D eigenvalue weighted by Crippen LogP contribution is -2.52. The molecule has 1 unspecified atom stereocenters. The zero-order valence-corrected chi connectivity index (χ0v) is 12.6. The summed E-state index contributed by atoms with van der Waals surface area (Å²) >= 11 is 0. The van der Waals surface area contributed by atoms with Crippen LogP contribution in [0.4, 0.5) is 0 Å². The molecule has 0 bridgehead atoms. The molecule has 7 nitrogen and oxygen atoms in total. The van der Waals surface area contributed by atoms with Crippen molar-refractivity contribution in [1.29, 1.82) is 0 Å². The molecule has 0 aromatic carbocycles. The number of likely N-dealkylation sites (N-methyl/N-ethyl adjacent to an activating group) is 1. The van der Waals surface area contributed by atoms with Gasteiger partial charge in [-0.05, 0) is 13.3 Å². The lowest BCUT2D eigenvalue weighted by molar-refractivity contribution is -0.135. The molecule has 1 rings (SSSR count). The number of nitrogens with two attached hydrogens (primary N) is 1. The van der Waals surface area contributed by atoms with Crippen LogP contribution in [0.5, 0.6) is 0 Å². The summed E-state index contributed by atoms with van der Waals surface area (Å²) in [5.41, 5.74) is 4.52. The second-order valence-electron chi connectivity index (χ2n) is 5.34. The predicted octanol–water partition coefficient (Wildman–Crippen LogP) is -0.830. The Morgan fingerprint density at radius 2 is 1.95 bits per heavy atom. The molecule has 112 valence electrons. The van der Waals surface area contributed by atoms with Gasteiger partial charge >= 0.3 is 5.69 Å².